The molecule has 0 bridgehead atoms. The van der Waals surface area contributed by atoms with E-state index in [1.54, 1.807) is 7.11 Å². The van der Waals surface area contributed by atoms with Gasteiger partial charge in [0, 0.05) is 13.5 Å². The summed E-state index contributed by atoms with van der Waals surface area (Å²) >= 11 is 0. The van der Waals surface area contributed by atoms with Crippen LogP contribution in [0.2, 0.25) is 0 Å². The predicted molar refractivity (Wildman–Crippen MR) is 51.6 cm³/mol. The number of carbonyl (C=O) groups is 1. The van der Waals surface area contributed by atoms with Crippen molar-refractivity contribution in [3.63, 3.8) is 0 Å². The van der Waals surface area contributed by atoms with Gasteiger partial charge in [-0.2, -0.15) is 0 Å². The summed E-state index contributed by atoms with van der Waals surface area (Å²) in [4.78, 5) is 11.4. The molecule has 0 saturated heterocycles. The molecule has 0 spiro atoms. The van der Waals surface area contributed by atoms with Gasteiger partial charge in [0.15, 0.2) is 5.78 Å². The molecule has 74 valence electrons. The molecule has 0 radical (unpaired) electrons. The Hall–Kier alpha value is -1.35. The average Bonchev–Trinajstić information content (AvgIpc) is 2.18. The van der Waals surface area contributed by atoms with Crippen LogP contribution in [-0.2, 0) is 11.3 Å². The minimum atomic E-state index is 0.162. The lowest BCUT2D eigenvalue weighted by molar-refractivity contribution is 0.0933. The molecule has 1 aromatic rings. The van der Waals surface area contributed by atoms with Crippen LogP contribution < -0.4 is 4.74 Å². The van der Waals surface area contributed by atoms with Crippen LogP contribution >= 0.6 is 0 Å². The smallest absolute Gasteiger partial charge is 0.169 e. The van der Waals surface area contributed by atoms with E-state index in [9.17, 15) is 4.79 Å². The quantitative estimate of drug-likeness (QED) is 0.716. The Labute approximate surface area is 82.6 Å². The van der Waals surface area contributed by atoms with E-state index in [4.69, 9.17) is 9.47 Å². The van der Waals surface area contributed by atoms with Gasteiger partial charge in [-0.3, -0.25) is 4.79 Å². The van der Waals surface area contributed by atoms with Crippen molar-refractivity contribution in [2.45, 2.75) is 13.0 Å². The van der Waals surface area contributed by atoms with E-state index >= 15 is 0 Å². The second kappa shape index (κ2) is 3.80. The van der Waals surface area contributed by atoms with Crippen LogP contribution in [0.5, 0.6) is 5.75 Å². The zero-order valence-corrected chi connectivity index (χ0v) is 8.08. The molecular weight excluding hydrogens is 180 g/mol. The first kappa shape index (κ1) is 9.21. The SMILES string of the molecule is COCc1ccc2c(c1)OCCC2=O. The van der Waals surface area contributed by atoms with Gasteiger partial charge in [0.25, 0.3) is 0 Å². The minimum absolute atomic E-state index is 0.162. The summed E-state index contributed by atoms with van der Waals surface area (Å²) in [6.07, 6.45) is 0.483. The molecular formula is C11H12O3. The van der Waals surface area contributed by atoms with Crippen LogP contribution in [0.4, 0.5) is 0 Å². The molecule has 1 aliphatic heterocycles. The Kier molecular flexibility index (Phi) is 2.50. The van der Waals surface area contributed by atoms with E-state index in [1.807, 2.05) is 18.2 Å². The highest BCUT2D eigenvalue weighted by atomic mass is 16.5. The summed E-state index contributed by atoms with van der Waals surface area (Å²) in [6.45, 7) is 1.03. The Morgan fingerprint density at radius 2 is 2.36 bits per heavy atom. The number of Topliss-reactive ketones (excluding diaryl/α,β-unsaturated/α-hetero) is 1. The molecule has 1 heterocycles. The molecule has 0 unspecified atom stereocenters. The zero-order valence-electron chi connectivity index (χ0n) is 8.08. The van der Waals surface area contributed by atoms with Crippen molar-refractivity contribution < 1.29 is 14.3 Å². The third kappa shape index (κ3) is 1.63. The van der Waals surface area contributed by atoms with E-state index in [0.29, 0.717) is 30.9 Å². The number of methoxy groups -OCH3 is 1. The zero-order chi connectivity index (χ0) is 9.97. The van der Waals surface area contributed by atoms with E-state index < -0.39 is 0 Å². The fourth-order valence-electron chi connectivity index (χ4n) is 1.56. The van der Waals surface area contributed by atoms with Crippen molar-refractivity contribution in [1.82, 2.24) is 0 Å². The van der Waals surface area contributed by atoms with Gasteiger partial charge in [0.2, 0.25) is 0 Å². The lowest BCUT2D eigenvalue weighted by Crippen LogP contribution is -2.15. The summed E-state index contributed by atoms with van der Waals surface area (Å²) in [5.41, 5.74) is 1.72. The average molecular weight is 192 g/mol. The highest BCUT2D eigenvalue weighted by Crippen LogP contribution is 2.25. The molecule has 1 aliphatic rings. The molecule has 2 rings (SSSR count). The maximum Gasteiger partial charge on any atom is 0.169 e. The third-order valence-corrected chi connectivity index (χ3v) is 2.24. The number of ether oxygens (including phenoxy) is 2. The van der Waals surface area contributed by atoms with Gasteiger partial charge in [-0.15, -0.1) is 0 Å². The summed E-state index contributed by atoms with van der Waals surface area (Å²) in [5, 5.41) is 0. The largest absolute Gasteiger partial charge is 0.492 e. The highest BCUT2D eigenvalue weighted by molar-refractivity contribution is 5.99. The number of benzene rings is 1. The Bertz CT molecular complexity index is 358. The van der Waals surface area contributed by atoms with Crippen molar-refractivity contribution in [3.8, 4) is 5.75 Å². The van der Waals surface area contributed by atoms with Crippen molar-refractivity contribution >= 4 is 5.78 Å². The first-order valence-electron chi connectivity index (χ1n) is 4.59. The third-order valence-electron chi connectivity index (χ3n) is 2.24. The maximum absolute atomic E-state index is 11.4. The van der Waals surface area contributed by atoms with Gasteiger partial charge in [-0.1, -0.05) is 6.07 Å². The molecule has 0 aliphatic carbocycles. The van der Waals surface area contributed by atoms with Crippen LogP contribution in [0.1, 0.15) is 22.3 Å². The standard InChI is InChI=1S/C11H12O3/c1-13-7-8-2-3-9-10(12)4-5-14-11(9)6-8/h2-3,6H,4-5,7H2,1H3. The fraction of sp³-hybridized carbons (Fsp3) is 0.364. The number of hydrogen-bond acceptors (Lipinski definition) is 3. The first-order chi connectivity index (χ1) is 6.81. The van der Waals surface area contributed by atoms with Crippen LogP contribution in [0.15, 0.2) is 18.2 Å². The van der Waals surface area contributed by atoms with Crippen LogP contribution in [0, 0.1) is 0 Å². The summed E-state index contributed by atoms with van der Waals surface area (Å²) in [6, 6.07) is 5.58. The summed E-state index contributed by atoms with van der Waals surface area (Å²) in [5.74, 6) is 0.853. The fourth-order valence-corrected chi connectivity index (χ4v) is 1.56. The molecule has 0 fully saturated rings. The second-order valence-electron chi connectivity index (χ2n) is 3.29. The number of carbonyl (C=O) groups excluding carboxylic acids is 1. The van der Waals surface area contributed by atoms with Crippen molar-refractivity contribution in [3.05, 3.63) is 29.3 Å². The molecule has 0 saturated carbocycles. The minimum Gasteiger partial charge on any atom is -0.492 e. The van der Waals surface area contributed by atoms with Gasteiger partial charge < -0.3 is 9.47 Å². The topological polar surface area (TPSA) is 35.5 Å². The van der Waals surface area contributed by atoms with Gasteiger partial charge in [-0.25, -0.2) is 0 Å². The number of fused-ring (bicyclic) bond motifs is 1. The van der Waals surface area contributed by atoms with Crippen LogP contribution in [0.25, 0.3) is 0 Å². The second-order valence-corrected chi connectivity index (χ2v) is 3.29. The Morgan fingerprint density at radius 3 is 3.14 bits per heavy atom. The molecule has 14 heavy (non-hydrogen) atoms. The predicted octanol–water partition coefficient (Wildman–Crippen LogP) is 1.80. The molecule has 3 heteroatoms. The molecule has 0 aromatic heterocycles. The van der Waals surface area contributed by atoms with E-state index in [2.05, 4.69) is 0 Å². The molecule has 0 atom stereocenters. The summed E-state index contributed by atoms with van der Waals surface area (Å²) < 4.78 is 10.4. The molecule has 3 nitrogen and oxygen atoms in total. The van der Waals surface area contributed by atoms with E-state index in [-0.39, 0.29) is 5.78 Å². The lowest BCUT2D eigenvalue weighted by atomic mass is 10.0. The van der Waals surface area contributed by atoms with Crippen LogP contribution in [-0.4, -0.2) is 19.5 Å². The normalized spacial score (nSPS) is 14.8. The molecule has 0 amide bonds. The number of rotatable bonds is 2. The monoisotopic (exact) mass is 192 g/mol. The molecule has 1 aromatic carbocycles. The number of hydrogen-bond donors (Lipinski definition) is 0. The van der Waals surface area contributed by atoms with Crippen molar-refractivity contribution in [2.24, 2.45) is 0 Å². The number of ketones is 1. The van der Waals surface area contributed by atoms with Gasteiger partial charge >= 0.3 is 0 Å². The van der Waals surface area contributed by atoms with E-state index in [0.717, 1.165) is 5.56 Å². The Balaban J connectivity index is 2.34. The lowest BCUT2D eigenvalue weighted by Gasteiger charge is -2.16. The summed E-state index contributed by atoms with van der Waals surface area (Å²) in [7, 11) is 1.64. The van der Waals surface area contributed by atoms with Crippen LogP contribution in [0.3, 0.4) is 0 Å². The maximum atomic E-state index is 11.4. The van der Waals surface area contributed by atoms with Crippen molar-refractivity contribution in [1.29, 1.82) is 0 Å². The highest BCUT2D eigenvalue weighted by Gasteiger charge is 2.18. The van der Waals surface area contributed by atoms with Gasteiger partial charge in [0.1, 0.15) is 5.75 Å². The van der Waals surface area contributed by atoms with Crippen molar-refractivity contribution in [2.75, 3.05) is 13.7 Å². The van der Waals surface area contributed by atoms with Gasteiger partial charge in [-0.05, 0) is 17.7 Å². The Morgan fingerprint density at radius 1 is 1.50 bits per heavy atom. The molecule has 0 N–H and O–H groups in total. The van der Waals surface area contributed by atoms with E-state index in [1.165, 1.54) is 0 Å². The first-order valence-corrected chi connectivity index (χ1v) is 4.59. The van der Waals surface area contributed by atoms with Gasteiger partial charge in [0.05, 0.1) is 18.8 Å².